The van der Waals surface area contributed by atoms with Crippen LogP contribution >= 0.6 is 0 Å². The first kappa shape index (κ1) is 13.1. The number of nitrogens with zero attached hydrogens (tertiary/aromatic N) is 4. The number of hydrogen-bond donors (Lipinski definition) is 2. The second-order valence-corrected chi connectivity index (χ2v) is 4.40. The minimum Gasteiger partial charge on any atom is -0.396 e. The van der Waals surface area contributed by atoms with E-state index in [4.69, 9.17) is 5.73 Å². The maximum absolute atomic E-state index is 12.2. The van der Waals surface area contributed by atoms with Gasteiger partial charge in [0.25, 0.3) is 5.91 Å². The molecule has 1 atom stereocenters. The first-order chi connectivity index (χ1) is 9.11. The van der Waals surface area contributed by atoms with E-state index >= 15 is 0 Å². The molecule has 19 heavy (non-hydrogen) atoms. The van der Waals surface area contributed by atoms with Gasteiger partial charge >= 0.3 is 0 Å². The number of aryl methyl sites for hydroxylation is 1. The lowest BCUT2D eigenvalue weighted by Gasteiger charge is -2.15. The van der Waals surface area contributed by atoms with Gasteiger partial charge in [0, 0.05) is 31.5 Å². The summed E-state index contributed by atoms with van der Waals surface area (Å²) in [6.07, 6.45) is 6.78. The largest absolute Gasteiger partial charge is 0.396 e. The van der Waals surface area contributed by atoms with Gasteiger partial charge in [-0.2, -0.15) is 5.10 Å². The molecule has 7 heteroatoms. The summed E-state index contributed by atoms with van der Waals surface area (Å²) in [6.45, 7) is 5.11. The fourth-order valence-corrected chi connectivity index (χ4v) is 1.94. The van der Waals surface area contributed by atoms with Gasteiger partial charge in [-0.3, -0.25) is 9.48 Å². The molecule has 0 spiro atoms. The Balaban J connectivity index is 2.02. The second kappa shape index (κ2) is 5.55. The average Bonchev–Trinajstić information content (AvgIpc) is 2.98. The Bertz CT molecular complexity index is 545. The van der Waals surface area contributed by atoms with Gasteiger partial charge in [0.15, 0.2) is 0 Å². The van der Waals surface area contributed by atoms with Crippen molar-refractivity contribution in [3.05, 3.63) is 30.6 Å². The number of amides is 1. The lowest BCUT2D eigenvalue weighted by molar-refractivity contribution is 0.0927. The number of anilines is 1. The van der Waals surface area contributed by atoms with Crippen LogP contribution in [0.2, 0.25) is 0 Å². The van der Waals surface area contributed by atoms with Gasteiger partial charge in [-0.1, -0.05) is 0 Å². The molecule has 1 amide bonds. The molecule has 0 bridgehead atoms. The molecule has 0 aliphatic carbocycles. The van der Waals surface area contributed by atoms with E-state index in [1.807, 2.05) is 24.6 Å². The monoisotopic (exact) mass is 262 g/mol. The zero-order valence-corrected chi connectivity index (χ0v) is 11.1. The van der Waals surface area contributed by atoms with E-state index in [2.05, 4.69) is 15.4 Å². The van der Waals surface area contributed by atoms with Crippen molar-refractivity contribution in [2.24, 2.45) is 0 Å². The van der Waals surface area contributed by atoms with E-state index in [9.17, 15) is 4.79 Å². The Hall–Kier alpha value is -2.31. The number of aromatic nitrogens is 4. The summed E-state index contributed by atoms with van der Waals surface area (Å²) in [4.78, 5) is 16.1. The normalized spacial score (nSPS) is 12.3. The molecule has 0 saturated heterocycles. The number of rotatable bonds is 5. The maximum Gasteiger partial charge on any atom is 0.271 e. The van der Waals surface area contributed by atoms with Crippen LogP contribution in [0, 0.1) is 0 Å². The number of nitrogen functional groups attached to an aromatic ring is 1. The molecule has 7 nitrogen and oxygen atoms in total. The second-order valence-electron chi connectivity index (χ2n) is 4.40. The molecule has 0 aliphatic rings. The zero-order chi connectivity index (χ0) is 13.8. The number of nitrogens with one attached hydrogen (secondary N) is 1. The molecule has 0 radical (unpaired) electrons. The first-order valence-corrected chi connectivity index (χ1v) is 6.19. The van der Waals surface area contributed by atoms with Crippen LogP contribution in [0.4, 0.5) is 5.69 Å². The summed E-state index contributed by atoms with van der Waals surface area (Å²) < 4.78 is 3.50. The van der Waals surface area contributed by atoms with Gasteiger partial charge in [0.1, 0.15) is 5.69 Å². The molecular formula is C12H18N6O. The lowest BCUT2D eigenvalue weighted by Crippen LogP contribution is -2.37. The highest BCUT2D eigenvalue weighted by molar-refractivity contribution is 5.97. The van der Waals surface area contributed by atoms with E-state index in [-0.39, 0.29) is 11.9 Å². The van der Waals surface area contributed by atoms with Crippen molar-refractivity contribution in [1.29, 1.82) is 0 Å². The average molecular weight is 262 g/mol. The Morgan fingerprint density at radius 1 is 1.58 bits per heavy atom. The summed E-state index contributed by atoms with van der Waals surface area (Å²) >= 11 is 0. The van der Waals surface area contributed by atoms with Crippen molar-refractivity contribution in [3.8, 4) is 0 Å². The third-order valence-electron chi connectivity index (χ3n) is 2.80. The van der Waals surface area contributed by atoms with Gasteiger partial charge in [0.05, 0.1) is 18.2 Å². The van der Waals surface area contributed by atoms with Crippen LogP contribution in [-0.2, 0) is 13.1 Å². The summed E-state index contributed by atoms with van der Waals surface area (Å²) in [5.74, 6) is -0.204. The molecular weight excluding hydrogens is 244 g/mol. The highest BCUT2D eigenvalue weighted by Gasteiger charge is 2.17. The number of nitrogens with two attached hydrogens (primary N) is 1. The Morgan fingerprint density at radius 2 is 2.37 bits per heavy atom. The van der Waals surface area contributed by atoms with E-state index in [0.29, 0.717) is 24.5 Å². The van der Waals surface area contributed by atoms with Gasteiger partial charge in [-0.15, -0.1) is 0 Å². The summed E-state index contributed by atoms with van der Waals surface area (Å²) in [6, 6.07) is -0.0266. The van der Waals surface area contributed by atoms with Gasteiger partial charge in [-0.05, 0) is 13.8 Å². The standard InChI is InChI=1S/C12H18N6O/c1-3-18-11(10(13)6-15-18)12(19)16-9(2)7-17-5-4-14-8-17/h4-6,8-9H,3,7,13H2,1-2H3,(H,16,19). The lowest BCUT2D eigenvalue weighted by atomic mass is 10.3. The Labute approximate surface area is 111 Å². The highest BCUT2D eigenvalue weighted by atomic mass is 16.2. The summed E-state index contributed by atoms with van der Waals surface area (Å²) in [5.41, 5.74) is 6.58. The van der Waals surface area contributed by atoms with Crippen molar-refractivity contribution in [1.82, 2.24) is 24.6 Å². The zero-order valence-electron chi connectivity index (χ0n) is 11.1. The van der Waals surface area contributed by atoms with Gasteiger partial charge < -0.3 is 15.6 Å². The van der Waals surface area contributed by atoms with Gasteiger partial charge in [0.2, 0.25) is 0 Å². The van der Waals surface area contributed by atoms with Crippen LogP contribution in [0.1, 0.15) is 24.3 Å². The van der Waals surface area contributed by atoms with Crippen molar-refractivity contribution in [3.63, 3.8) is 0 Å². The van der Waals surface area contributed by atoms with Crippen LogP contribution in [0.3, 0.4) is 0 Å². The van der Waals surface area contributed by atoms with E-state index < -0.39 is 0 Å². The SMILES string of the molecule is CCn1ncc(N)c1C(=O)NC(C)Cn1ccnc1. The highest BCUT2D eigenvalue weighted by Crippen LogP contribution is 2.10. The minimum absolute atomic E-state index is 0.0266. The van der Waals surface area contributed by atoms with E-state index in [1.54, 1.807) is 17.2 Å². The number of hydrogen-bond acceptors (Lipinski definition) is 4. The topological polar surface area (TPSA) is 90.8 Å². The molecule has 2 aromatic heterocycles. The Kier molecular flexibility index (Phi) is 3.84. The molecule has 0 aliphatic heterocycles. The molecule has 2 rings (SSSR count). The first-order valence-electron chi connectivity index (χ1n) is 6.19. The number of carbonyl (C=O) groups is 1. The fourth-order valence-electron chi connectivity index (χ4n) is 1.94. The molecule has 0 fully saturated rings. The Morgan fingerprint density at radius 3 is 3.00 bits per heavy atom. The van der Waals surface area contributed by atoms with Crippen molar-refractivity contribution in [2.45, 2.75) is 33.0 Å². The van der Waals surface area contributed by atoms with Crippen LogP contribution in [0.5, 0.6) is 0 Å². The van der Waals surface area contributed by atoms with Crippen LogP contribution in [0.15, 0.2) is 24.9 Å². The number of carbonyl (C=O) groups excluding carboxylic acids is 1. The fraction of sp³-hybridized carbons (Fsp3) is 0.417. The van der Waals surface area contributed by atoms with Crippen LogP contribution < -0.4 is 11.1 Å². The van der Waals surface area contributed by atoms with Crippen molar-refractivity contribution in [2.75, 3.05) is 5.73 Å². The molecule has 1 unspecified atom stereocenters. The molecule has 0 aromatic carbocycles. The summed E-state index contributed by atoms with van der Waals surface area (Å²) in [7, 11) is 0. The smallest absolute Gasteiger partial charge is 0.271 e. The molecule has 3 N–H and O–H groups in total. The van der Waals surface area contributed by atoms with Crippen molar-refractivity contribution < 1.29 is 4.79 Å². The third-order valence-corrected chi connectivity index (χ3v) is 2.80. The predicted octanol–water partition coefficient (Wildman–Crippen LogP) is 0.500. The van der Waals surface area contributed by atoms with Crippen LogP contribution in [-0.4, -0.2) is 31.3 Å². The summed E-state index contributed by atoms with van der Waals surface area (Å²) in [5, 5.41) is 6.96. The van der Waals surface area contributed by atoms with E-state index in [0.717, 1.165) is 0 Å². The molecule has 2 aromatic rings. The van der Waals surface area contributed by atoms with Gasteiger partial charge in [-0.25, -0.2) is 4.98 Å². The van der Waals surface area contributed by atoms with Crippen LogP contribution in [0.25, 0.3) is 0 Å². The van der Waals surface area contributed by atoms with Crippen molar-refractivity contribution >= 4 is 11.6 Å². The maximum atomic E-state index is 12.2. The quantitative estimate of drug-likeness (QED) is 0.821. The minimum atomic E-state index is -0.204. The molecule has 2 heterocycles. The molecule has 102 valence electrons. The molecule has 0 saturated carbocycles. The van der Waals surface area contributed by atoms with E-state index in [1.165, 1.54) is 6.20 Å². The number of imidazole rings is 1. The third kappa shape index (κ3) is 2.93. The predicted molar refractivity (Wildman–Crippen MR) is 71.5 cm³/mol.